The number of anilines is 1. The molecular formula is C12H11ClN2O. The maximum Gasteiger partial charge on any atom is 0.121 e. The summed E-state index contributed by atoms with van der Waals surface area (Å²) in [6, 6.07) is 9.03. The van der Waals surface area contributed by atoms with Crippen LogP contribution in [0.5, 0.6) is 5.75 Å². The molecule has 82 valence electrons. The van der Waals surface area contributed by atoms with Gasteiger partial charge in [-0.05, 0) is 29.8 Å². The third-order valence-electron chi connectivity index (χ3n) is 2.12. The predicted octanol–water partition coefficient (Wildman–Crippen LogP) is 2.90. The van der Waals surface area contributed by atoms with Crippen LogP contribution in [0.25, 0.3) is 0 Å². The van der Waals surface area contributed by atoms with E-state index in [4.69, 9.17) is 22.1 Å². The van der Waals surface area contributed by atoms with Crippen molar-refractivity contribution in [3.8, 4) is 5.75 Å². The number of aromatic nitrogens is 1. The monoisotopic (exact) mass is 234 g/mol. The van der Waals surface area contributed by atoms with Gasteiger partial charge in [0, 0.05) is 18.5 Å². The van der Waals surface area contributed by atoms with Gasteiger partial charge in [0.25, 0.3) is 0 Å². The summed E-state index contributed by atoms with van der Waals surface area (Å²) in [5, 5.41) is 0.538. The van der Waals surface area contributed by atoms with Crippen LogP contribution < -0.4 is 10.5 Å². The first-order chi connectivity index (χ1) is 7.75. The second kappa shape index (κ2) is 4.86. The van der Waals surface area contributed by atoms with Gasteiger partial charge >= 0.3 is 0 Å². The Kier molecular flexibility index (Phi) is 3.27. The maximum absolute atomic E-state index is 5.81. The molecule has 0 bridgehead atoms. The fraction of sp³-hybridized carbons (Fsp3) is 0.0833. The summed E-state index contributed by atoms with van der Waals surface area (Å²) >= 11 is 5.81. The molecule has 1 heterocycles. The maximum atomic E-state index is 5.81. The highest BCUT2D eigenvalue weighted by Crippen LogP contribution is 2.24. The third-order valence-corrected chi connectivity index (χ3v) is 2.47. The molecule has 1 aromatic heterocycles. The number of rotatable bonds is 3. The Morgan fingerprint density at radius 2 is 1.94 bits per heavy atom. The van der Waals surface area contributed by atoms with Gasteiger partial charge in [-0.1, -0.05) is 11.6 Å². The lowest BCUT2D eigenvalue weighted by Crippen LogP contribution is -1.96. The number of halogens is 1. The van der Waals surface area contributed by atoms with E-state index >= 15 is 0 Å². The lowest BCUT2D eigenvalue weighted by Gasteiger charge is -2.07. The highest BCUT2D eigenvalue weighted by Gasteiger charge is 1.99. The normalized spacial score (nSPS) is 10.1. The molecule has 0 fully saturated rings. The van der Waals surface area contributed by atoms with Gasteiger partial charge in [-0.25, -0.2) is 0 Å². The first-order valence-corrected chi connectivity index (χ1v) is 5.20. The summed E-state index contributed by atoms with van der Waals surface area (Å²) in [6.07, 6.45) is 3.46. The minimum atomic E-state index is 0.490. The Labute approximate surface area is 98.8 Å². The van der Waals surface area contributed by atoms with Crippen molar-refractivity contribution < 1.29 is 4.74 Å². The van der Waals surface area contributed by atoms with Crippen LogP contribution in [-0.4, -0.2) is 4.98 Å². The number of benzene rings is 1. The van der Waals surface area contributed by atoms with Gasteiger partial charge in [-0.3, -0.25) is 4.98 Å². The highest BCUT2D eigenvalue weighted by molar-refractivity contribution is 6.33. The SMILES string of the molecule is Nc1cc(OCc2ccncc2)ccc1Cl. The number of hydrogen-bond donors (Lipinski definition) is 1. The van der Waals surface area contributed by atoms with Gasteiger partial charge in [0.2, 0.25) is 0 Å². The standard InChI is InChI=1S/C12H11ClN2O/c13-11-2-1-10(7-12(11)14)16-8-9-3-5-15-6-4-9/h1-7H,8,14H2. The van der Waals surface area contributed by atoms with Crippen LogP contribution in [0.2, 0.25) is 5.02 Å². The molecule has 0 atom stereocenters. The topological polar surface area (TPSA) is 48.1 Å². The Morgan fingerprint density at radius 3 is 2.62 bits per heavy atom. The average molecular weight is 235 g/mol. The number of nitrogen functional groups attached to an aromatic ring is 1. The second-order valence-electron chi connectivity index (χ2n) is 3.33. The smallest absolute Gasteiger partial charge is 0.121 e. The van der Waals surface area contributed by atoms with E-state index in [9.17, 15) is 0 Å². The van der Waals surface area contributed by atoms with Crippen LogP contribution >= 0.6 is 11.6 Å². The lowest BCUT2D eigenvalue weighted by molar-refractivity contribution is 0.306. The van der Waals surface area contributed by atoms with E-state index in [-0.39, 0.29) is 0 Å². The zero-order valence-electron chi connectivity index (χ0n) is 8.56. The van der Waals surface area contributed by atoms with Gasteiger partial charge in [0.1, 0.15) is 12.4 Å². The molecule has 0 radical (unpaired) electrons. The zero-order valence-corrected chi connectivity index (χ0v) is 9.32. The van der Waals surface area contributed by atoms with E-state index in [2.05, 4.69) is 4.98 Å². The minimum Gasteiger partial charge on any atom is -0.489 e. The minimum absolute atomic E-state index is 0.490. The molecule has 16 heavy (non-hydrogen) atoms. The van der Waals surface area contributed by atoms with Crippen molar-refractivity contribution in [3.63, 3.8) is 0 Å². The molecule has 0 aliphatic heterocycles. The number of pyridine rings is 1. The van der Waals surface area contributed by atoms with Crippen molar-refractivity contribution in [3.05, 3.63) is 53.3 Å². The Hall–Kier alpha value is -1.74. The molecule has 0 spiro atoms. The van der Waals surface area contributed by atoms with Gasteiger partial charge in [-0.2, -0.15) is 0 Å². The quantitative estimate of drug-likeness (QED) is 0.831. The molecule has 3 nitrogen and oxygen atoms in total. The molecular weight excluding hydrogens is 224 g/mol. The van der Waals surface area contributed by atoms with Gasteiger partial charge in [0.05, 0.1) is 10.7 Å². The van der Waals surface area contributed by atoms with Crippen molar-refractivity contribution in [1.82, 2.24) is 4.98 Å². The van der Waals surface area contributed by atoms with Gasteiger partial charge < -0.3 is 10.5 Å². The number of ether oxygens (including phenoxy) is 1. The summed E-state index contributed by atoms with van der Waals surface area (Å²) in [5.41, 5.74) is 7.25. The van der Waals surface area contributed by atoms with Gasteiger partial charge in [0.15, 0.2) is 0 Å². The third kappa shape index (κ3) is 2.64. The van der Waals surface area contributed by atoms with Crippen molar-refractivity contribution in [2.24, 2.45) is 0 Å². The van der Waals surface area contributed by atoms with E-state index in [0.717, 1.165) is 5.56 Å². The Bertz CT molecular complexity index is 474. The van der Waals surface area contributed by atoms with Crippen molar-refractivity contribution >= 4 is 17.3 Å². The molecule has 2 rings (SSSR count). The predicted molar refractivity (Wildman–Crippen MR) is 64.4 cm³/mol. The molecule has 0 aliphatic carbocycles. The molecule has 0 saturated heterocycles. The first kappa shape index (κ1) is 10.8. The summed E-state index contributed by atoms with van der Waals surface area (Å²) < 4.78 is 5.56. The van der Waals surface area contributed by atoms with Crippen molar-refractivity contribution in [2.45, 2.75) is 6.61 Å². The molecule has 0 aliphatic rings. The number of nitrogens with two attached hydrogens (primary N) is 1. The summed E-state index contributed by atoms with van der Waals surface area (Å²) in [5.74, 6) is 0.707. The lowest BCUT2D eigenvalue weighted by atomic mass is 10.3. The van der Waals surface area contributed by atoms with Gasteiger partial charge in [-0.15, -0.1) is 0 Å². The van der Waals surface area contributed by atoms with Crippen LogP contribution in [-0.2, 0) is 6.61 Å². The molecule has 4 heteroatoms. The van der Waals surface area contributed by atoms with Crippen LogP contribution in [0.1, 0.15) is 5.56 Å². The molecule has 0 unspecified atom stereocenters. The van der Waals surface area contributed by atoms with E-state index < -0.39 is 0 Å². The van der Waals surface area contributed by atoms with Crippen molar-refractivity contribution in [2.75, 3.05) is 5.73 Å². The van der Waals surface area contributed by atoms with E-state index in [1.54, 1.807) is 30.6 Å². The number of nitrogens with zero attached hydrogens (tertiary/aromatic N) is 1. The number of hydrogen-bond acceptors (Lipinski definition) is 3. The van der Waals surface area contributed by atoms with E-state index in [1.165, 1.54) is 0 Å². The zero-order chi connectivity index (χ0) is 11.4. The average Bonchev–Trinajstić information content (AvgIpc) is 2.32. The van der Waals surface area contributed by atoms with E-state index in [1.807, 2.05) is 12.1 Å². The molecule has 0 amide bonds. The summed E-state index contributed by atoms with van der Waals surface area (Å²) in [6.45, 7) is 0.490. The molecule has 2 aromatic rings. The largest absolute Gasteiger partial charge is 0.489 e. The fourth-order valence-corrected chi connectivity index (χ4v) is 1.37. The van der Waals surface area contributed by atoms with Crippen LogP contribution in [0.15, 0.2) is 42.7 Å². The van der Waals surface area contributed by atoms with Crippen LogP contribution in [0.4, 0.5) is 5.69 Å². The van der Waals surface area contributed by atoms with Crippen LogP contribution in [0.3, 0.4) is 0 Å². The molecule has 1 aromatic carbocycles. The molecule has 2 N–H and O–H groups in total. The fourth-order valence-electron chi connectivity index (χ4n) is 1.26. The second-order valence-corrected chi connectivity index (χ2v) is 3.73. The Balaban J connectivity index is 2.03. The molecule has 0 saturated carbocycles. The Morgan fingerprint density at radius 1 is 1.19 bits per heavy atom. The summed E-state index contributed by atoms with van der Waals surface area (Å²) in [7, 11) is 0. The highest BCUT2D eigenvalue weighted by atomic mass is 35.5. The van der Waals surface area contributed by atoms with Crippen LogP contribution in [0, 0.1) is 0 Å². The first-order valence-electron chi connectivity index (χ1n) is 4.82. The summed E-state index contributed by atoms with van der Waals surface area (Å²) in [4.78, 5) is 3.93. The van der Waals surface area contributed by atoms with E-state index in [0.29, 0.717) is 23.1 Å². The van der Waals surface area contributed by atoms with Crippen molar-refractivity contribution in [1.29, 1.82) is 0 Å².